The third kappa shape index (κ3) is 4.57. The summed E-state index contributed by atoms with van der Waals surface area (Å²) < 4.78 is 11.4. The van der Waals surface area contributed by atoms with Gasteiger partial charge in [0, 0.05) is 60.4 Å². The predicted molar refractivity (Wildman–Crippen MR) is 119 cm³/mol. The Morgan fingerprint density at radius 2 is 2.07 bits per heavy atom. The van der Waals surface area contributed by atoms with Crippen LogP contribution in [0.5, 0.6) is 17.2 Å². The fraction of sp³-hybridized carbons (Fsp3) is 0.174. The van der Waals surface area contributed by atoms with Gasteiger partial charge in [0.2, 0.25) is 0 Å². The number of ether oxygens (including phenoxy) is 2. The lowest BCUT2D eigenvalue weighted by Crippen LogP contribution is -2.27. The van der Waals surface area contributed by atoms with Crippen LogP contribution in [0.3, 0.4) is 0 Å². The highest BCUT2D eigenvalue weighted by molar-refractivity contribution is 5.97. The topological polar surface area (TPSA) is 98.8 Å². The molecule has 0 saturated heterocycles. The third-order valence-electron chi connectivity index (χ3n) is 4.62. The van der Waals surface area contributed by atoms with Gasteiger partial charge < -0.3 is 20.5 Å². The van der Waals surface area contributed by atoms with Crippen LogP contribution in [0.25, 0.3) is 10.9 Å². The van der Waals surface area contributed by atoms with E-state index in [-0.39, 0.29) is 12.5 Å². The molecule has 0 unspecified atom stereocenters. The minimum Gasteiger partial charge on any atom is -0.497 e. The van der Waals surface area contributed by atoms with Crippen molar-refractivity contribution in [2.45, 2.75) is 6.92 Å². The number of benzene rings is 2. The van der Waals surface area contributed by atoms with Crippen molar-refractivity contribution in [3.63, 3.8) is 0 Å². The van der Waals surface area contributed by atoms with Gasteiger partial charge in [-0.3, -0.25) is 14.8 Å². The van der Waals surface area contributed by atoms with Crippen molar-refractivity contribution in [3.05, 3.63) is 71.6 Å². The van der Waals surface area contributed by atoms with Crippen molar-refractivity contribution in [3.8, 4) is 17.2 Å². The Hall–Kier alpha value is -3.87. The highest BCUT2D eigenvalue weighted by Gasteiger charge is 2.14. The molecule has 154 valence electrons. The van der Waals surface area contributed by atoms with Gasteiger partial charge in [0.05, 0.1) is 12.6 Å². The second kappa shape index (κ2) is 9.56. The minimum atomic E-state index is -0.217. The Labute approximate surface area is 175 Å². The molecule has 1 aromatic heterocycles. The molecule has 2 aromatic carbocycles. The number of amides is 1. The van der Waals surface area contributed by atoms with Crippen LogP contribution in [0.15, 0.2) is 65.4 Å². The van der Waals surface area contributed by atoms with Crippen LogP contribution in [0.4, 0.5) is 0 Å². The lowest BCUT2D eigenvalue weighted by Gasteiger charge is -2.14. The number of nitrogens with two attached hydrogens (primary N) is 1. The number of aromatic nitrogens is 1. The molecule has 0 aliphatic carbocycles. The van der Waals surface area contributed by atoms with Crippen molar-refractivity contribution in [1.82, 2.24) is 10.3 Å². The Balaban J connectivity index is 1.85. The number of pyridine rings is 1. The van der Waals surface area contributed by atoms with Gasteiger partial charge in [-0.25, -0.2) is 0 Å². The maximum absolute atomic E-state index is 12.7. The maximum atomic E-state index is 12.7. The number of rotatable bonds is 7. The number of nitrogens with zero attached hydrogens (tertiary/aromatic N) is 2. The average molecular weight is 404 g/mol. The number of fused-ring (bicyclic) bond motifs is 1. The minimum absolute atomic E-state index is 0.217. The summed E-state index contributed by atoms with van der Waals surface area (Å²) in [4.78, 5) is 21.0. The van der Waals surface area contributed by atoms with Crippen LogP contribution in [0.2, 0.25) is 0 Å². The first kappa shape index (κ1) is 20.9. The first-order valence-electron chi connectivity index (χ1n) is 9.38. The molecule has 0 spiro atoms. The van der Waals surface area contributed by atoms with Crippen LogP contribution >= 0.6 is 0 Å². The van der Waals surface area contributed by atoms with Gasteiger partial charge in [0.25, 0.3) is 5.91 Å². The van der Waals surface area contributed by atoms with Gasteiger partial charge in [-0.15, -0.1) is 0 Å². The summed E-state index contributed by atoms with van der Waals surface area (Å²) in [6.07, 6.45) is 4.71. The van der Waals surface area contributed by atoms with Crippen molar-refractivity contribution in [2.24, 2.45) is 10.7 Å². The zero-order valence-electron chi connectivity index (χ0n) is 17.2. The van der Waals surface area contributed by atoms with E-state index >= 15 is 0 Å². The molecule has 1 heterocycles. The summed E-state index contributed by atoms with van der Waals surface area (Å²) in [7, 11) is 3.26. The van der Waals surface area contributed by atoms with Gasteiger partial charge >= 0.3 is 0 Å². The molecule has 7 nitrogen and oxygen atoms in total. The molecule has 0 fully saturated rings. The van der Waals surface area contributed by atoms with Gasteiger partial charge in [-0.1, -0.05) is 6.07 Å². The fourth-order valence-electron chi connectivity index (χ4n) is 3.00. The van der Waals surface area contributed by atoms with Gasteiger partial charge in [0.1, 0.15) is 17.2 Å². The second-order valence-electron chi connectivity index (χ2n) is 6.53. The maximum Gasteiger partial charge on any atom is 0.251 e. The van der Waals surface area contributed by atoms with Gasteiger partial charge in [-0.2, -0.15) is 0 Å². The smallest absolute Gasteiger partial charge is 0.251 e. The summed E-state index contributed by atoms with van der Waals surface area (Å²) in [5, 5.41) is 3.70. The molecule has 30 heavy (non-hydrogen) atoms. The number of nitrogens with one attached hydrogen (secondary N) is 1. The lowest BCUT2D eigenvalue weighted by atomic mass is 10.1. The van der Waals surface area contributed by atoms with Gasteiger partial charge in [-0.05, 0) is 37.3 Å². The molecule has 0 aliphatic heterocycles. The first-order valence-corrected chi connectivity index (χ1v) is 9.38. The Kier molecular flexibility index (Phi) is 6.64. The normalized spacial score (nSPS) is 11.6. The SMILES string of the molecule is CN=C/C(=C\N)CNC(=O)c1cccc(Oc2ccnc3cc(OC)ccc23)c1C. The van der Waals surface area contributed by atoms with Crippen molar-refractivity contribution < 1.29 is 14.3 Å². The molecular weight excluding hydrogens is 380 g/mol. The van der Waals surface area contributed by atoms with E-state index in [9.17, 15) is 4.79 Å². The van der Waals surface area contributed by atoms with Crippen LogP contribution < -0.4 is 20.5 Å². The number of methoxy groups -OCH3 is 1. The Morgan fingerprint density at radius 3 is 2.80 bits per heavy atom. The van der Waals surface area contributed by atoms with E-state index in [4.69, 9.17) is 15.2 Å². The van der Waals surface area contributed by atoms with E-state index in [0.717, 1.165) is 27.8 Å². The van der Waals surface area contributed by atoms with E-state index in [1.807, 2.05) is 31.2 Å². The molecule has 0 aliphatic rings. The number of carbonyl (C=O) groups is 1. The molecule has 3 rings (SSSR count). The monoisotopic (exact) mass is 404 g/mol. The summed E-state index contributed by atoms with van der Waals surface area (Å²) >= 11 is 0. The van der Waals surface area contributed by atoms with Crippen molar-refractivity contribution in [2.75, 3.05) is 20.7 Å². The van der Waals surface area contributed by atoms with Crippen LogP contribution in [0, 0.1) is 6.92 Å². The molecular formula is C23H24N4O3. The fourth-order valence-corrected chi connectivity index (χ4v) is 3.00. The molecule has 3 N–H and O–H groups in total. The number of carbonyl (C=O) groups excluding carboxylic acids is 1. The quantitative estimate of drug-likeness (QED) is 0.586. The molecule has 0 radical (unpaired) electrons. The largest absolute Gasteiger partial charge is 0.497 e. The van der Waals surface area contributed by atoms with E-state index in [1.54, 1.807) is 44.8 Å². The number of aliphatic imine (C=N–C) groups is 1. The van der Waals surface area contributed by atoms with E-state index in [1.165, 1.54) is 6.20 Å². The summed E-state index contributed by atoms with van der Waals surface area (Å²) in [5.41, 5.74) is 8.29. The average Bonchev–Trinajstić information content (AvgIpc) is 2.77. The highest BCUT2D eigenvalue weighted by atomic mass is 16.5. The first-order chi connectivity index (χ1) is 14.6. The molecule has 7 heteroatoms. The molecule has 3 aromatic rings. The molecule has 0 atom stereocenters. The Morgan fingerprint density at radius 1 is 1.23 bits per heavy atom. The standard InChI is InChI=1S/C23H24N4O3/c1-15-18(23(28)27-14-16(12-24)13-25-2)5-4-6-21(15)30-22-9-10-26-20-11-17(29-3)7-8-19(20)22/h4-13H,14,24H2,1-3H3,(H,27,28)/b16-12+,25-13?. The van der Waals surface area contributed by atoms with E-state index in [0.29, 0.717) is 17.1 Å². The Bertz CT molecular complexity index is 1120. The third-order valence-corrected chi connectivity index (χ3v) is 4.62. The second-order valence-corrected chi connectivity index (χ2v) is 6.53. The molecule has 0 saturated carbocycles. The lowest BCUT2D eigenvalue weighted by molar-refractivity contribution is 0.0956. The van der Waals surface area contributed by atoms with Crippen LogP contribution in [-0.4, -0.2) is 37.8 Å². The summed E-state index contributed by atoms with van der Waals surface area (Å²) in [6.45, 7) is 2.14. The van der Waals surface area contributed by atoms with Crippen LogP contribution in [-0.2, 0) is 0 Å². The zero-order chi connectivity index (χ0) is 21.5. The number of hydrogen-bond acceptors (Lipinski definition) is 6. The van der Waals surface area contributed by atoms with Crippen molar-refractivity contribution in [1.29, 1.82) is 0 Å². The highest BCUT2D eigenvalue weighted by Crippen LogP contribution is 2.33. The predicted octanol–water partition coefficient (Wildman–Crippen LogP) is 3.62. The van der Waals surface area contributed by atoms with Crippen LogP contribution in [0.1, 0.15) is 15.9 Å². The van der Waals surface area contributed by atoms with E-state index < -0.39 is 0 Å². The zero-order valence-corrected chi connectivity index (χ0v) is 17.2. The molecule has 1 amide bonds. The van der Waals surface area contributed by atoms with Crippen molar-refractivity contribution >= 4 is 23.0 Å². The number of hydrogen-bond donors (Lipinski definition) is 2. The summed E-state index contributed by atoms with van der Waals surface area (Å²) in [5.74, 6) is 1.75. The molecule has 0 bridgehead atoms. The summed E-state index contributed by atoms with van der Waals surface area (Å²) in [6, 6.07) is 12.8. The van der Waals surface area contributed by atoms with E-state index in [2.05, 4.69) is 15.3 Å². The van der Waals surface area contributed by atoms with Gasteiger partial charge in [0.15, 0.2) is 0 Å².